The van der Waals surface area contributed by atoms with Gasteiger partial charge in [0.2, 0.25) is 5.91 Å². The molecule has 1 amide bonds. The number of methoxy groups -OCH3 is 1. The number of amides is 1. The van der Waals surface area contributed by atoms with Gasteiger partial charge in [-0.05, 0) is 53.6 Å². The maximum Gasteiger partial charge on any atom is 0.338 e. The molecule has 0 aliphatic carbocycles. The quantitative estimate of drug-likeness (QED) is 0.251. The molecule has 0 saturated carbocycles. The Kier molecular flexibility index (Phi) is 8.31. The summed E-state index contributed by atoms with van der Waals surface area (Å²) >= 11 is 0. The van der Waals surface area contributed by atoms with Crippen LogP contribution in [0.4, 0.5) is 14.5 Å². The van der Waals surface area contributed by atoms with Crippen molar-refractivity contribution in [2.24, 2.45) is 0 Å². The molecule has 12 heteroatoms. The van der Waals surface area contributed by atoms with Gasteiger partial charge in [0.15, 0.2) is 0 Å². The van der Waals surface area contributed by atoms with Crippen molar-refractivity contribution in [3.63, 3.8) is 0 Å². The van der Waals surface area contributed by atoms with E-state index in [1.807, 2.05) is 0 Å². The van der Waals surface area contributed by atoms with Gasteiger partial charge in [0.05, 0.1) is 29.8 Å². The molecular formula is C31H26F2N2O7S. The zero-order valence-corrected chi connectivity index (χ0v) is 23.6. The fraction of sp³-hybridized carbons (Fsp3) is 0.161. The first-order valence-corrected chi connectivity index (χ1v) is 14.5. The van der Waals surface area contributed by atoms with E-state index in [0.29, 0.717) is 28.1 Å². The van der Waals surface area contributed by atoms with Crippen LogP contribution in [0.25, 0.3) is 11.1 Å². The second-order valence-electron chi connectivity index (χ2n) is 9.60. The maximum atomic E-state index is 13.9. The number of carboxylic acids is 1. The molecule has 4 aromatic rings. The van der Waals surface area contributed by atoms with Crippen molar-refractivity contribution < 1.29 is 41.4 Å². The van der Waals surface area contributed by atoms with E-state index < -0.39 is 45.1 Å². The highest BCUT2D eigenvalue weighted by atomic mass is 32.2. The average molecular weight is 609 g/mol. The third-order valence-corrected chi connectivity index (χ3v) is 8.79. The number of sulfonamides is 1. The van der Waals surface area contributed by atoms with Gasteiger partial charge in [0, 0.05) is 24.1 Å². The Balaban J connectivity index is 1.32. The van der Waals surface area contributed by atoms with Crippen LogP contribution in [0, 0.1) is 11.6 Å². The summed E-state index contributed by atoms with van der Waals surface area (Å²) < 4.78 is 67.2. The number of nitrogens with zero attached hydrogens (tertiary/aromatic N) is 1. The SMILES string of the molecule is COc1cc(F)ccc1-c1ccc(S(=O)(=O)N2c3ccccc3C[C@H]2C(=O)NCCOc2ccc(C(=O)O)c(F)c2)cc1. The minimum atomic E-state index is -4.20. The molecule has 0 spiro atoms. The summed E-state index contributed by atoms with van der Waals surface area (Å²) in [7, 11) is -2.78. The first kappa shape index (κ1) is 29.5. The molecule has 43 heavy (non-hydrogen) atoms. The van der Waals surface area contributed by atoms with Gasteiger partial charge < -0.3 is 19.9 Å². The molecule has 222 valence electrons. The summed E-state index contributed by atoms with van der Waals surface area (Å²) in [6, 6.07) is 19.2. The summed E-state index contributed by atoms with van der Waals surface area (Å²) in [6.45, 7) is -0.0889. The van der Waals surface area contributed by atoms with Crippen molar-refractivity contribution in [1.29, 1.82) is 0 Å². The second-order valence-corrected chi connectivity index (χ2v) is 11.4. The van der Waals surface area contributed by atoms with Gasteiger partial charge in [-0.25, -0.2) is 22.0 Å². The Morgan fingerprint density at radius 3 is 2.44 bits per heavy atom. The highest BCUT2D eigenvalue weighted by Gasteiger charge is 2.42. The van der Waals surface area contributed by atoms with Gasteiger partial charge in [-0.1, -0.05) is 30.3 Å². The molecule has 5 rings (SSSR count). The number of benzene rings is 4. The molecule has 0 fully saturated rings. The highest BCUT2D eigenvalue weighted by Crippen LogP contribution is 2.38. The standard InChI is InChI=1S/C31H26F2N2O7S/c1-41-29-17-21(32)8-12-24(29)19-6-10-23(11-7-19)43(39,40)35-27-5-3-2-4-20(27)16-28(35)30(36)34-14-15-42-22-9-13-25(31(37)38)26(33)18-22/h2-13,17-18,28H,14-16H2,1H3,(H,34,36)(H,37,38)/t28-/m0/s1. The molecule has 1 aliphatic rings. The lowest BCUT2D eigenvalue weighted by Gasteiger charge is -2.26. The van der Waals surface area contributed by atoms with Crippen LogP contribution >= 0.6 is 0 Å². The molecule has 0 bridgehead atoms. The van der Waals surface area contributed by atoms with Crippen LogP contribution in [-0.2, 0) is 21.2 Å². The number of fused-ring (bicyclic) bond motifs is 1. The zero-order valence-electron chi connectivity index (χ0n) is 22.8. The third-order valence-electron chi connectivity index (χ3n) is 6.95. The van der Waals surface area contributed by atoms with E-state index in [1.54, 1.807) is 42.5 Å². The molecule has 2 N–H and O–H groups in total. The maximum absolute atomic E-state index is 13.9. The van der Waals surface area contributed by atoms with Gasteiger partial charge in [0.25, 0.3) is 10.0 Å². The van der Waals surface area contributed by atoms with Crippen LogP contribution in [0.15, 0.2) is 89.8 Å². The van der Waals surface area contributed by atoms with Crippen molar-refractivity contribution >= 4 is 27.6 Å². The number of hydrogen-bond acceptors (Lipinski definition) is 6. The number of rotatable bonds is 10. The number of nitrogens with one attached hydrogen (secondary N) is 1. The Labute approximate surface area is 246 Å². The van der Waals surface area contributed by atoms with Crippen molar-refractivity contribution in [2.45, 2.75) is 17.4 Å². The van der Waals surface area contributed by atoms with E-state index in [1.165, 1.54) is 37.4 Å². The van der Waals surface area contributed by atoms with Crippen LogP contribution in [0.3, 0.4) is 0 Å². The largest absolute Gasteiger partial charge is 0.496 e. The van der Waals surface area contributed by atoms with Gasteiger partial charge in [0.1, 0.15) is 35.8 Å². The van der Waals surface area contributed by atoms with Gasteiger partial charge in [-0.3, -0.25) is 9.10 Å². The van der Waals surface area contributed by atoms with Gasteiger partial charge in [-0.15, -0.1) is 0 Å². The van der Waals surface area contributed by atoms with Gasteiger partial charge >= 0.3 is 5.97 Å². The molecule has 0 radical (unpaired) electrons. The third kappa shape index (κ3) is 6.00. The van der Waals surface area contributed by atoms with Crippen LogP contribution in [0.5, 0.6) is 11.5 Å². The Hall–Kier alpha value is -4.97. The number of carbonyl (C=O) groups is 2. The summed E-state index contributed by atoms with van der Waals surface area (Å²) in [6.07, 6.45) is 0.148. The Bertz CT molecular complexity index is 1800. The molecule has 1 aliphatic heterocycles. The van der Waals surface area contributed by atoms with E-state index in [-0.39, 0.29) is 30.2 Å². The Morgan fingerprint density at radius 2 is 1.74 bits per heavy atom. The number of carboxylic acid groups (broad SMARTS) is 1. The van der Waals surface area contributed by atoms with E-state index in [4.69, 9.17) is 14.6 Å². The van der Waals surface area contributed by atoms with Crippen LogP contribution in [-0.4, -0.2) is 51.7 Å². The topological polar surface area (TPSA) is 122 Å². The molecule has 1 heterocycles. The highest BCUT2D eigenvalue weighted by molar-refractivity contribution is 7.93. The monoisotopic (exact) mass is 608 g/mol. The number of ether oxygens (including phenoxy) is 2. The van der Waals surface area contributed by atoms with Crippen LogP contribution < -0.4 is 19.1 Å². The van der Waals surface area contributed by atoms with Gasteiger partial charge in [-0.2, -0.15) is 0 Å². The van der Waals surface area contributed by atoms with Crippen molar-refractivity contribution in [1.82, 2.24) is 5.32 Å². The predicted octanol–water partition coefficient (Wildman–Crippen LogP) is 4.65. The van der Waals surface area contributed by atoms with E-state index >= 15 is 0 Å². The fourth-order valence-corrected chi connectivity index (χ4v) is 6.55. The zero-order chi connectivity index (χ0) is 30.7. The summed E-state index contributed by atoms with van der Waals surface area (Å²) in [5.41, 5.74) is 1.78. The lowest BCUT2D eigenvalue weighted by Crippen LogP contribution is -2.48. The minimum absolute atomic E-state index is 0.0178. The van der Waals surface area contributed by atoms with Crippen LogP contribution in [0.2, 0.25) is 0 Å². The van der Waals surface area contributed by atoms with E-state index in [2.05, 4.69) is 5.32 Å². The number of halogens is 2. The summed E-state index contributed by atoms with van der Waals surface area (Å²) in [5.74, 6) is -3.00. The molecule has 1 atom stereocenters. The van der Waals surface area contributed by atoms with Crippen molar-refractivity contribution in [3.8, 4) is 22.6 Å². The lowest BCUT2D eigenvalue weighted by molar-refractivity contribution is -0.122. The van der Waals surface area contributed by atoms with E-state index in [0.717, 1.165) is 16.4 Å². The molecule has 0 saturated heterocycles. The van der Waals surface area contributed by atoms with Crippen LogP contribution in [0.1, 0.15) is 15.9 Å². The predicted molar refractivity (Wildman–Crippen MR) is 154 cm³/mol. The number of para-hydroxylation sites is 1. The normalized spacial score (nSPS) is 14.2. The fourth-order valence-electron chi connectivity index (χ4n) is 4.90. The van der Waals surface area contributed by atoms with Crippen molar-refractivity contribution in [3.05, 3.63) is 108 Å². The first-order chi connectivity index (χ1) is 20.6. The number of hydrogen-bond donors (Lipinski definition) is 2. The minimum Gasteiger partial charge on any atom is -0.496 e. The molecule has 9 nitrogen and oxygen atoms in total. The molecular weight excluding hydrogens is 582 g/mol. The molecule has 0 unspecified atom stereocenters. The number of carbonyl (C=O) groups excluding carboxylic acids is 1. The average Bonchev–Trinajstić information content (AvgIpc) is 3.40. The number of anilines is 1. The second kappa shape index (κ2) is 12.1. The lowest BCUT2D eigenvalue weighted by atomic mass is 10.0. The molecule has 0 aromatic heterocycles. The Morgan fingerprint density at radius 1 is 1.00 bits per heavy atom. The smallest absolute Gasteiger partial charge is 0.338 e. The first-order valence-electron chi connectivity index (χ1n) is 13.1. The van der Waals surface area contributed by atoms with E-state index in [9.17, 15) is 26.8 Å². The number of aromatic carboxylic acids is 1. The summed E-state index contributed by atoms with van der Waals surface area (Å²) in [5, 5.41) is 11.6. The van der Waals surface area contributed by atoms with Crippen molar-refractivity contribution in [2.75, 3.05) is 24.6 Å². The molecule has 4 aromatic carbocycles. The summed E-state index contributed by atoms with van der Waals surface area (Å²) in [4.78, 5) is 24.2.